The summed E-state index contributed by atoms with van der Waals surface area (Å²) in [6.07, 6.45) is 0.871. The van der Waals surface area contributed by atoms with Crippen LogP contribution in [0, 0.1) is 0 Å². The van der Waals surface area contributed by atoms with Crippen LogP contribution < -0.4 is 5.73 Å². The predicted octanol–water partition coefficient (Wildman–Crippen LogP) is 4.69. The summed E-state index contributed by atoms with van der Waals surface area (Å²) in [7, 11) is 0. The summed E-state index contributed by atoms with van der Waals surface area (Å²) in [6, 6.07) is 9.14. The van der Waals surface area contributed by atoms with Gasteiger partial charge in [0.25, 0.3) is 5.91 Å². The molecule has 2 aromatic rings. The topological polar surface area (TPSA) is 46.3 Å². The van der Waals surface area contributed by atoms with E-state index in [0.29, 0.717) is 33.0 Å². The van der Waals surface area contributed by atoms with E-state index in [1.165, 1.54) is 11.3 Å². The minimum absolute atomic E-state index is 0.0955. The maximum Gasteiger partial charge on any atom is 0.256 e. The molecule has 0 aliphatic carbocycles. The third-order valence-electron chi connectivity index (χ3n) is 3.02. The first-order valence-corrected chi connectivity index (χ1v) is 8.17. The molecule has 0 fully saturated rings. The Bertz CT molecular complexity index is 625. The lowest BCUT2D eigenvalue weighted by molar-refractivity contribution is 0.0744. The maximum absolute atomic E-state index is 12.6. The van der Waals surface area contributed by atoms with Crippen LogP contribution in [0.5, 0.6) is 0 Å². The van der Waals surface area contributed by atoms with Crippen molar-refractivity contribution in [3.8, 4) is 0 Å². The second-order valence-electron chi connectivity index (χ2n) is 4.71. The van der Waals surface area contributed by atoms with Crippen molar-refractivity contribution < 1.29 is 4.79 Å². The van der Waals surface area contributed by atoms with Crippen molar-refractivity contribution in [3.63, 3.8) is 0 Å². The van der Waals surface area contributed by atoms with Gasteiger partial charge in [-0.3, -0.25) is 4.79 Å². The smallest absolute Gasteiger partial charge is 0.256 e. The Morgan fingerprint density at radius 2 is 1.95 bits per heavy atom. The molecule has 0 radical (unpaired) electrons. The lowest BCUT2D eigenvalue weighted by atomic mass is 10.1. The second kappa shape index (κ2) is 7.16. The lowest BCUT2D eigenvalue weighted by Gasteiger charge is -2.22. The van der Waals surface area contributed by atoms with E-state index < -0.39 is 0 Å². The van der Waals surface area contributed by atoms with Gasteiger partial charge >= 0.3 is 0 Å². The van der Waals surface area contributed by atoms with E-state index in [4.69, 9.17) is 28.9 Å². The molecule has 1 amide bonds. The molecule has 1 heterocycles. The number of carbonyl (C=O) groups is 1. The molecule has 112 valence electrons. The molecular formula is C15H16Cl2N2OS. The van der Waals surface area contributed by atoms with Gasteiger partial charge in [0.15, 0.2) is 0 Å². The minimum atomic E-state index is -0.0955. The van der Waals surface area contributed by atoms with Gasteiger partial charge in [0.1, 0.15) is 4.34 Å². The van der Waals surface area contributed by atoms with E-state index in [2.05, 4.69) is 0 Å². The van der Waals surface area contributed by atoms with E-state index >= 15 is 0 Å². The summed E-state index contributed by atoms with van der Waals surface area (Å²) in [6.45, 7) is 3.22. The Hall–Kier alpha value is -1.23. The van der Waals surface area contributed by atoms with E-state index in [0.717, 1.165) is 12.0 Å². The number of anilines is 1. The van der Waals surface area contributed by atoms with Crippen LogP contribution >= 0.6 is 34.5 Å². The normalized spacial score (nSPS) is 10.6. The Labute approximate surface area is 138 Å². The zero-order valence-electron chi connectivity index (χ0n) is 11.6. The van der Waals surface area contributed by atoms with Gasteiger partial charge in [0.05, 0.1) is 9.90 Å². The van der Waals surface area contributed by atoms with Crippen molar-refractivity contribution in [2.24, 2.45) is 0 Å². The second-order valence-corrected chi connectivity index (χ2v) is 6.99. The Balaban J connectivity index is 2.20. The largest absolute Gasteiger partial charge is 0.399 e. The maximum atomic E-state index is 12.6. The molecule has 0 bridgehead atoms. The third-order valence-corrected chi connectivity index (χ3v) is 4.51. The Morgan fingerprint density at radius 3 is 2.48 bits per heavy atom. The van der Waals surface area contributed by atoms with E-state index in [1.807, 2.05) is 31.2 Å². The monoisotopic (exact) mass is 342 g/mol. The van der Waals surface area contributed by atoms with Gasteiger partial charge in [-0.1, -0.05) is 42.3 Å². The summed E-state index contributed by atoms with van der Waals surface area (Å²) < 4.78 is 0.954. The van der Waals surface area contributed by atoms with Crippen molar-refractivity contribution in [2.45, 2.75) is 19.9 Å². The van der Waals surface area contributed by atoms with Crippen LogP contribution in [0.1, 0.15) is 29.3 Å². The van der Waals surface area contributed by atoms with Gasteiger partial charge < -0.3 is 10.6 Å². The van der Waals surface area contributed by atoms with Crippen molar-refractivity contribution in [1.82, 2.24) is 4.90 Å². The van der Waals surface area contributed by atoms with Crippen molar-refractivity contribution in [1.29, 1.82) is 0 Å². The fourth-order valence-electron chi connectivity index (χ4n) is 2.02. The Kier molecular flexibility index (Phi) is 5.51. The number of hydrogen-bond acceptors (Lipinski definition) is 3. The Morgan fingerprint density at radius 1 is 1.29 bits per heavy atom. The van der Waals surface area contributed by atoms with Gasteiger partial charge in [-0.15, -0.1) is 11.3 Å². The average Bonchev–Trinajstić information content (AvgIpc) is 2.79. The predicted molar refractivity (Wildman–Crippen MR) is 90.2 cm³/mol. The molecule has 0 aliphatic heterocycles. The molecule has 0 saturated carbocycles. The number of halogens is 2. The van der Waals surface area contributed by atoms with Crippen molar-refractivity contribution >= 4 is 46.1 Å². The summed E-state index contributed by atoms with van der Waals surface area (Å²) >= 11 is 13.2. The highest BCUT2D eigenvalue weighted by molar-refractivity contribution is 7.20. The standard InChI is InChI=1S/C15H16Cl2N2OS/c1-2-7-19(9-10-3-5-11(18)6-4-10)15(20)12-8-13(16)21-14(12)17/h3-6,8H,2,7,9,18H2,1H3. The SMILES string of the molecule is CCCN(Cc1ccc(N)cc1)C(=O)c1cc(Cl)sc1Cl. The molecule has 0 unspecified atom stereocenters. The molecule has 1 aromatic carbocycles. The number of thiophene rings is 1. The van der Waals surface area contributed by atoms with E-state index in [-0.39, 0.29) is 5.91 Å². The zero-order valence-corrected chi connectivity index (χ0v) is 13.9. The summed E-state index contributed by atoms with van der Waals surface area (Å²) in [5.41, 5.74) is 7.89. The van der Waals surface area contributed by atoms with Crippen LogP contribution in [0.25, 0.3) is 0 Å². The molecule has 0 saturated heterocycles. The molecule has 0 spiro atoms. The summed E-state index contributed by atoms with van der Waals surface area (Å²) in [4.78, 5) is 14.4. The molecule has 3 nitrogen and oxygen atoms in total. The first kappa shape index (κ1) is 16.1. The van der Waals surface area contributed by atoms with Crippen LogP contribution in [0.3, 0.4) is 0 Å². The number of carbonyl (C=O) groups excluding carboxylic acids is 1. The lowest BCUT2D eigenvalue weighted by Crippen LogP contribution is -2.31. The van der Waals surface area contributed by atoms with Gasteiger partial charge in [-0.25, -0.2) is 0 Å². The van der Waals surface area contributed by atoms with Crippen LogP contribution in [0.15, 0.2) is 30.3 Å². The fraction of sp³-hybridized carbons (Fsp3) is 0.267. The molecule has 21 heavy (non-hydrogen) atoms. The van der Waals surface area contributed by atoms with Crippen LogP contribution in [0.4, 0.5) is 5.69 Å². The molecule has 2 N–H and O–H groups in total. The quantitative estimate of drug-likeness (QED) is 0.801. The summed E-state index contributed by atoms with van der Waals surface area (Å²) in [5.74, 6) is -0.0955. The van der Waals surface area contributed by atoms with Gasteiger partial charge in [0.2, 0.25) is 0 Å². The van der Waals surface area contributed by atoms with Crippen LogP contribution in [-0.4, -0.2) is 17.4 Å². The average molecular weight is 343 g/mol. The number of amides is 1. The molecular weight excluding hydrogens is 327 g/mol. The van der Waals surface area contributed by atoms with Crippen LogP contribution in [0.2, 0.25) is 8.67 Å². The van der Waals surface area contributed by atoms with Crippen LogP contribution in [-0.2, 0) is 6.54 Å². The summed E-state index contributed by atoms with van der Waals surface area (Å²) in [5, 5.41) is 0. The van der Waals surface area contributed by atoms with Crippen molar-refractivity contribution in [3.05, 3.63) is 50.1 Å². The van der Waals surface area contributed by atoms with E-state index in [9.17, 15) is 4.79 Å². The number of hydrogen-bond donors (Lipinski definition) is 1. The first-order valence-electron chi connectivity index (χ1n) is 6.59. The van der Waals surface area contributed by atoms with Gasteiger partial charge in [-0.05, 0) is 30.2 Å². The first-order chi connectivity index (χ1) is 10.0. The molecule has 2 rings (SSSR count). The van der Waals surface area contributed by atoms with Crippen molar-refractivity contribution in [2.75, 3.05) is 12.3 Å². The fourth-order valence-corrected chi connectivity index (χ4v) is 3.47. The number of nitrogens with two attached hydrogens (primary N) is 1. The number of rotatable bonds is 5. The highest BCUT2D eigenvalue weighted by Gasteiger charge is 2.20. The molecule has 6 heteroatoms. The van der Waals surface area contributed by atoms with E-state index in [1.54, 1.807) is 11.0 Å². The zero-order chi connectivity index (χ0) is 15.4. The van der Waals surface area contributed by atoms with Gasteiger partial charge in [-0.2, -0.15) is 0 Å². The van der Waals surface area contributed by atoms with Gasteiger partial charge in [0, 0.05) is 18.8 Å². The number of benzene rings is 1. The molecule has 0 aliphatic rings. The number of nitrogen functional groups attached to an aromatic ring is 1. The highest BCUT2D eigenvalue weighted by atomic mass is 35.5. The highest BCUT2D eigenvalue weighted by Crippen LogP contribution is 2.32. The third kappa shape index (κ3) is 4.13. The number of nitrogens with zero attached hydrogens (tertiary/aromatic N) is 1. The minimum Gasteiger partial charge on any atom is -0.399 e. The molecule has 1 aromatic heterocycles. The molecule has 0 atom stereocenters.